The van der Waals surface area contributed by atoms with Crippen molar-refractivity contribution in [3.8, 4) is 0 Å². The summed E-state index contributed by atoms with van der Waals surface area (Å²) in [5.41, 5.74) is 2.79. The predicted octanol–water partition coefficient (Wildman–Crippen LogP) is 4.73. The van der Waals surface area contributed by atoms with Gasteiger partial charge in [0.2, 0.25) is 0 Å². The zero-order valence-corrected chi connectivity index (χ0v) is 15.4. The quantitative estimate of drug-likeness (QED) is 0.605. The Morgan fingerprint density at radius 2 is 1.76 bits per heavy atom. The Morgan fingerprint density at radius 1 is 0.960 bits per heavy atom. The molecule has 0 aliphatic heterocycles. The van der Waals surface area contributed by atoms with Gasteiger partial charge in [-0.15, -0.1) is 0 Å². The zero-order chi connectivity index (χ0) is 17.5. The highest BCUT2D eigenvalue weighted by atomic mass is 79.9. The topological polar surface area (TPSA) is 33.2 Å². The van der Waals surface area contributed by atoms with E-state index in [9.17, 15) is 4.79 Å². The minimum absolute atomic E-state index is 0.0166. The molecule has 1 amide bonds. The van der Waals surface area contributed by atoms with Crippen molar-refractivity contribution in [3.05, 3.63) is 100 Å². The molecule has 0 unspecified atom stereocenters. The van der Waals surface area contributed by atoms with Gasteiger partial charge in [-0.25, -0.2) is 0 Å². The van der Waals surface area contributed by atoms with Crippen LogP contribution in [-0.2, 0) is 13.0 Å². The summed E-state index contributed by atoms with van der Waals surface area (Å²) < 4.78 is 0.902. The molecule has 0 bridgehead atoms. The molecule has 0 radical (unpaired) electrons. The average molecular weight is 395 g/mol. The van der Waals surface area contributed by atoms with E-state index in [4.69, 9.17) is 0 Å². The second-order valence-corrected chi connectivity index (χ2v) is 6.71. The van der Waals surface area contributed by atoms with Gasteiger partial charge in [-0.2, -0.15) is 0 Å². The maximum atomic E-state index is 13.0. The molecule has 0 saturated heterocycles. The number of carbonyl (C=O) groups is 1. The van der Waals surface area contributed by atoms with Gasteiger partial charge in [0.15, 0.2) is 0 Å². The van der Waals surface area contributed by atoms with Crippen LogP contribution in [-0.4, -0.2) is 22.3 Å². The van der Waals surface area contributed by atoms with Crippen LogP contribution in [0.2, 0.25) is 0 Å². The molecule has 0 spiro atoms. The highest BCUT2D eigenvalue weighted by Gasteiger charge is 2.17. The minimum atomic E-state index is 0.0166. The van der Waals surface area contributed by atoms with E-state index in [1.165, 1.54) is 5.56 Å². The summed E-state index contributed by atoms with van der Waals surface area (Å²) in [6.45, 7) is 1.14. The first-order chi connectivity index (χ1) is 12.2. The molecule has 0 fully saturated rings. The van der Waals surface area contributed by atoms with Gasteiger partial charge in [-0.05, 0) is 42.3 Å². The number of rotatable bonds is 6. The summed E-state index contributed by atoms with van der Waals surface area (Å²) in [5, 5.41) is 0. The lowest BCUT2D eigenvalue weighted by atomic mass is 10.1. The molecule has 1 aromatic heterocycles. The Bertz CT molecular complexity index is 822. The molecule has 2 aromatic carbocycles. The van der Waals surface area contributed by atoms with Crippen LogP contribution in [0.5, 0.6) is 0 Å². The first kappa shape index (κ1) is 17.4. The minimum Gasteiger partial charge on any atom is -0.332 e. The third-order valence-corrected chi connectivity index (χ3v) is 4.44. The van der Waals surface area contributed by atoms with E-state index in [0.717, 1.165) is 16.6 Å². The van der Waals surface area contributed by atoms with Gasteiger partial charge in [-0.1, -0.05) is 58.4 Å². The van der Waals surface area contributed by atoms with Crippen LogP contribution in [0.15, 0.2) is 83.5 Å². The molecule has 0 saturated carbocycles. The van der Waals surface area contributed by atoms with Gasteiger partial charge >= 0.3 is 0 Å². The molecule has 25 heavy (non-hydrogen) atoms. The van der Waals surface area contributed by atoms with E-state index < -0.39 is 0 Å². The van der Waals surface area contributed by atoms with Gasteiger partial charge in [0.25, 0.3) is 5.91 Å². The van der Waals surface area contributed by atoms with Crippen LogP contribution in [0.25, 0.3) is 0 Å². The van der Waals surface area contributed by atoms with Crippen LogP contribution in [0.1, 0.15) is 21.6 Å². The van der Waals surface area contributed by atoms with Crippen LogP contribution >= 0.6 is 15.9 Å². The predicted molar refractivity (Wildman–Crippen MR) is 103 cm³/mol. The zero-order valence-electron chi connectivity index (χ0n) is 13.8. The van der Waals surface area contributed by atoms with Gasteiger partial charge in [0, 0.05) is 22.8 Å². The first-order valence-corrected chi connectivity index (χ1v) is 9.00. The Hall–Kier alpha value is -2.46. The Kier molecular flexibility index (Phi) is 5.96. The van der Waals surface area contributed by atoms with Crippen molar-refractivity contribution < 1.29 is 4.79 Å². The van der Waals surface area contributed by atoms with Crippen LogP contribution in [0.4, 0.5) is 0 Å². The number of pyridine rings is 1. The molecule has 0 aliphatic rings. The number of halogens is 1. The number of hydrogen-bond donors (Lipinski definition) is 0. The van der Waals surface area contributed by atoms with Gasteiger partial charge in [-0.3, -0.25) is 9.78 Å². The fourth-order valence-corrected chi connectivity index (χ4v) is 3.05. The molecule has 126 valence electrons. The number of hydrogen-bond acceptors (Lipinski definition) is 2. The summed E-state index contributed by atoms with van der Waals surface area (Å²) in [4.78, 5) is 19.2. The van der Waals surface area contributed by atoms with Crippen LogP contribution < -0.4 is 0 Å². The largest absolute Gasteiger partial charge is 0.332 e. The van der Waals surface area contributed by atoms with Crippen molar-refractivity contribution in [1.29, 1.82) is 0 Å². The first-order valence-electron chi connectivity index (χ1n) is 8.21. The third kappa shape index (κ3) is 5.00. The van der Waals surface area contributed by atoms with Crippen LogP contribution in [0, 0.1) is 0 Å². The van der Waals surface area contributed by atoms with Crippen molar-refractivity contribution in [2.75, 3.05) is 6.54 Å². The molecule has 3 nitrogen and oxygen atoms in total. The van der Waals surface area contributed by atoms with E-state index in [1.54, 1.807) is 6.20 Å². The second kappa shape index (κ2) is 8.58. The van der Waals surface area contributed by atoms with Crippen molar-refractivity contribution in [2.24, 2.45) is 0 Å². The molecule has 0 aliphatic carbocycles. The van der Waals surface area contributed by atoms with Crippen molar-refractivity contribution in [2.45, 2.75) is 13.0 Å². The highest BCUT2D eigenvalue weighted by Crippen LogP contribution is 2.15. The molecular formula is C21H19BrN2O. The Morgan fingerprint density at radius 3 is 2.48 bits per heavy atom. The lowest BCUT2D eigenvalue weighted by Gasteiger charge is -2.23. The van der Waals surface area contributed by atoms with Crippen LogP contribution in [0.3, 0.4) is 0 Å². The lowest BCUT2D eigenvalue weighted by Crippen LogP contribution is -2.32. The van der Waals surface area contributed by atoms with Crippen molar-refractivity contribution in [1.82, 2.24) is 9.88 Å². The number of benzene rings is 2. The monoisotopic (exact) mass is 394 g/mol. The molecular weight excluding hydrogens is 376 g/mol. The van der Waals surface area contributed by atoms with Gasteiger partial charge < -0.3 is 4.90 Å². The molecule has 4 heteroatoms. The number of carbonyl (C=O) groups excluding carboxylic acids is 1. The molecule has 0 atom stereocenters. The summed E-state index contributed by atoms with van der Waals surface area (Å²) in [7, 11) is 0. The van der Waals surface area contributed by atoms with E-state index in [1.807, 2.05) is 65.6 Å². The van der Waals surface area contributed by atoms with Gasteiger partial charge in [0.1, 0.15) is 0 Å². The smallest absolute Gasteiger partial charge is 0.254 e. The summed E-state index contributed by atoms with van der Waals surface area (Å²) in [6.07, 6.45) is 2.57. The SMILES string of the molecule is O=C(c1cccc(Br)c1)N(CCc1ccccc1)Cc1ccccn1. The highest BCUT2D eigenvalue weighted by molar-refractivity contribution is 9.10. The summed E-state index contributed by atoms with van der Waals surface area (Å²) in [6, 6.07) is 23.5. The lowest BCUT2D eigenvalue weighted by molar-refractivity contribution is 0.0743. The van der Waals surface area contributed by atoms with E-state index in [0.29, 0.717) is 18.7 Å². The average Bonchev–Trinajstić information content (AvgIpc) is 2.66. The normalized spacial score (nSPS) is 10.4. The maximum absolute atomic E-state index is 13.0. The summed E-state index contributed by atoms with van der Waals surface area (Å²) >= 11 is 3.44. The number of nitrogens with zero attached hydrogens (tertiary/aromatic N) is 2. The molecule has 0 N–H and O–H groups in total. The Labute approximate surface area is 156 Å². The van der Waals surface area contributed by atoms with Gasteiger partial charge in [0.05, 0.1) is 12.2 Å². The van der Waals surface area contributed by atoms with Crippen molar-refractivity contribution >= 4 is 21.8 Å². The third-order valence-electron chi connectivity index (χ3n) is 3.95. The number of aromatic nitrogens is 1. The second-order valence-electron chi connectivity index (χ2n) is 5.79. The van der Waals surface area contributed by atoms with E-state index >= 15 is 0 Å². The molecule has 3 aromatic rings. The number of amides is 1. The van der Waals surface area contributed by atoms with E-state index in [-0.39, 0.29) is 5.91 Å². The fourth-order valence-electron chi connectivity index (χ4n) is 2.65. The molecule has 1 heterocycles. The molecule has 3 rings (SSSR count). The Balaban J connectivity index is 1.79. The maximum Gasteiger partial charge on any atom is 0.254 e. The summed E-state index contributed by atoms with van der Waals surface area (Å²) in [5.74, 6) is 0.0166. The standard InChI is InChI=1S/C21H19BrN2O/c22-19-10-6-9-18(15-19)21(25)24(16-20-11-4-5-13-23-20)14-12-17-7-2-1-3-8-17/h1-11,13,15H,12,14,16H2. The van der Waals surface area contributed by atoms with Crippen molar-refractivity contribution in [3.63, 3.8) is 0 Å². The fraction of sp³-hybridized carbons (Fsp3) is 0.143. The van der Waals surface area contributed by atoms with E-state index in [2.05, 4.69) is 33.0 Å².